The zero-order valence-corrected chi connectivity index (χ0v) is 19.0. The molecule has 2 N–H and O–H groups in total. The van der Waals surface area contributed by atoms with Gasteiger partial charge in [-0.3, -0.25) is 15.5 Å². The predicted molar refractivity (Wildman–Crippen MR) is 130 cm³/mol. The first kappa shape index (κ1) is 21.0. The molecule has 4 unspecified atom stereocenters. The summed E-state index contributed by atoms with van der Waals surface area (Å²) in [6.45, 7) is 3.03. The number of benzene rings is 3. The second-order valence-electron chi connectivity index (χ2n) is 10.1. The molecular formula is C29H32FN3. The Hall–Kier alpha value is -2.53. The Balaban J connectivity index is 1.30. The Bertz CT molecular complexity index is 1010. The summed E-state index contributed by atoms with van der Waals surface area (Å²) in [5.74, 6) is 0.933. The Kier molecular flexibility index (Phi) is 5.53. The zero-order chi connectivity index (χ0) is 22.3. The van der Waals surface area contributed by atoms with Gasteiger partial charge in [-0.2, -0.15) is 0 Å². The van der Waals surface area contributed by atoms with Crippen LogP contribution in [0.3, 0.4) is 0 Å². The molecule has 0 radical (unpaired) electrons. The van der Waals surface area contributed by atoms with Crippen molar-refractivity contribution in [2.75, 3.05) is 13.1 Å². The third kappa shape index (κ3) is 3.90. The Morgan fingerprint density at radius 2 is 1.24 bits per heavy atom. The fourth-order valence-corrected chi connectivity index (χ4v) is 6.61. The van der Waals surface area contributed by atoms with Crippen LogP contribution in [0.15, 0.2) is 84.9 Å². The number of hydrogen-bond donors (Lipinski definition) is 2. The first-order valence-electron chi connectivity index (χ1n) is 12.3. The van der Waals surface area contributed by atoms with Gasteiger partial charge in [-0.15, -0.1) is 0 Å². The molecule has 1 spiro atoms. The number of nitrogens with zero attached hydrogens (tertiary/aromatic N) is 1. The van der Waals surface area contributed by atoms with E-state index in [0.29, 0.717) is 11.8 Å². The van der Waals surface area contributed by atoms with Crippen molar-refractivity contribution >= 4 is 0 Å². The molecule has 33 heavy (non-hydrogen) atoms. The van der Waals surface area contributed by atoms with Crippen LogP contribution in [0.2, 0.25) is 0 Å². The van der Waals surface area contributed by atoms with Crippen molar-refractivity contribution in [3.8, 4) is 0 Å². The minimum atomic E-state index is -0.161. The second kappa shape index (κ2) is 8.68. The van der Waals surface area contributed by atoms with Gasteiger partial charge in [-0.05, 0) is 41.7 Å². The highest BCUT2D eigenvalue weighted by atomic mass is 19.1. The van der Waals surface area contributed by atoms with Crippen molar-refractivity contribution in [2.45, 2.75) is 43.6 Å². The van der Waals surface area contributed by atoms with Gasteiger partial charge in [0.05, 0.1) is 17.7 Å². The van der Waals surface area contributed by atoms with E-state index in [2.05, 4.69) is 76.2 Å². The molecule has 3 aliphatic rings. The van der Waals surface area contributed by atoms with Gasteiger partial charge in [0.1, 0.15) is 5.82 Å². The van der Waals surface area contributed by atoms with E-state index < -0.39 is 0 Å². The van der Waals surface area contributed by atoms with Crippen molar-refractivity contribution in [3.05, 3.63) is 107 Å². The molecule has 1 saturated carbocycles. The molecule has 2 aliphatic heterocycles. The molecule has 2 bridgehead atoms. The van der Waals surface area contributed by atoms with Crippen LogP contribution in [0.1, 0.15) is 48.0 Å². The van der Waals surface area contributed by atoms with Crippen LogP contribution in [-0.2, 0) is 6.54 Å². The van der Waals surface area contributed by atoms with Crippen LogP contribution in [0, 0.1) is 17.7 Å². The standard InChI is InChI=1S/C29H32FN3/c30-26-16-14-21(15-17-26)18-33-19-24-12-7-13-25(20-33)29(24)31-27(22-8-3-1-4-9-22)28(32-29)23-10-5-2-6-11-23/h1-6,8-11,14-17,24-25,27-28,31-32H,7,12-13,18-20H2. The molecule has 2 saturated heterocycles. The SMILES string of the molecule is Fc1ccc(CN2CC3CCCC(C2)C32NC(c3ccccc3)C(c3ccccc3)N2)cc1. The van der Waals surface area contributed by atoms with Gasteiger partial charge in [0, 0.05) is 31.5 Å². The fourth-order valence-electron chi connectivity index (χ4n) is 6.61. The number of hydrogen-bond acceptors (Lipinski definition) is 3. The number of halogens is 1. The highest BCUT2D eigenvalue weighted by molar-refractivity contribution is 5.32. The van der Waals surface area contributed by atoms with Gasteiger partial charge < -0.3 is 0 Å². The average Bonchev–Trinajstić information content (AvgIpc) is 3.23. The lowest BCUT2D eigenvalue weighted by Crippen LogP contribution is -2.69. The first-order valence-corrected chi connectivity index (χ1v) is 12.3. The number of likely N-dealkylation sites (tertiary alicyclic amines) is 1. The van der Waals surface area contributed by atoms with E-state index in [4.69, 9.17) is 0 Å². The molecular weight excluding hydrogens is 409 g/mol. The molecule has 3 aromatic rings. The minimum absolute atomic E-state index is 0.0431. The quantitative estimate of drug-likeness (QED) is 0.565. The van der Waals surface area contributed by atoms with E-state index in [1.807, 2.05) is 12.1 Å². The Morgan fingerprint density at radius 1 is 0.727 bits per heavy atom. The summed E-state index contributed by atoms with van der Waals surface area (Å²) in [5, 5.41) is 8.36. The van der Waals surface area contributed by atoms with Crippen LogP contribution in [0.4, 0.5) is 4.39 Å². The third-order valence-electron chi connectivity index (χ3n) is 8.11. The zero-order valence-electron chi connectivity index (χ0n) is 19.0. The maximum absolute atomic E-state index is 13.4. The molecule has 4 atom stereocenters. The van der Waals surface area contributed by atoms with Crippen molar-refractivity contribution < 1.29 is 4.39 Å². The summed E-state index contributed by atoms with van der Waals surface area (Å²) in [5.41, 5.74) is 3.85. The van der Waals surface area contributed by atoms with Gasteiger partial charge in [-0.25, -0.2) is 4.39 Å². The van der Waals surface area contributed by atoms with E-state index in [-0.39, 0.29) is 23.6 Å². The third-order valence-corrected chi connectivity index (χ3v) is 8.11. The molecule has 0 amide bonds. The molecule has 3 fully saturated rings. The molecule has 6 rings (SSSR count). The molecule has 4 heteroatoms. The van der Waals surface area contributed by atoms with Gasteiger partial charge >= 0.3 is 0 Å². The topological polar surface area (TPSA) is 27.3 Å². The Morgan fingerprint density at radius 3 is 1.76 bits per heavy atom. The average molecular weight is 442 g/mol. The van der Waals surface area contributed by atoms with Crippen LogP contribution in [0.25, 0.3) is 0 Å². The van der Waals surface area contributed by atoms with Gasteiger partial charge in [0.2, 0.25) is 0 Å². The second-order valence-corrected chi connectivity index (χ2v) is 10.1. The highest BCUT2D eigenvalue weighted by Gasteiger charge is 2.57. The lowest BCUT2D eigenvalue weighted by atomic mass is 9.68. The van der Waals surface area contributed by atoms with E-state index in [1.165, 1.54) is 36.0 Å². The van der Waals surface area contributed by atoms with E-state index in [0.717, 1.165) is 19.6 Å². The fraction of sp³-hybridized carbons (Fsp3) is 0.379. The van der Waals surface area contributed by atoms with Gasteiger partial charge in [-0.1, -0.05) is 79.2 Å². The molecule has 0 aromatic heterocycles. The normalized spacial score (nSPS) is 31.7. The largest absolute Gasteiger partial charge is 0.298 e. The van der Waals surface area contributed by atoms with E-state index in [1.54, 1.807) is 12.1 Å². The summed E-state index contributed by atoms with van der Waals surface area (Å²) in [6.07, 6.45) is 3.77. The van der Waals surface area contributed by atoms with Crippen molar-refractivity contribution in [1.82, 2.24) is 15.5 Å². The summed E-state index contributed by atoms with van der Waals surface area (Å²) in [4.78, 5) is 2.59. The molecule has 2 heterocycles. The van der Waals surface area contributed by atoms with Gasteiger partial charge in [0.25, 0.3) is 0 Å². The number of piperidine rings is 1. The predicted octanol–water partition coefficient (Wildman–Crippen LogP) is 5.43. The van der Waals surface area contributed by atoms with Crippen molar-refractivity contribution in [3.63, 3.8) is 0 Å². The van der Waals surface area contributed by atoms with Crippen molar-refractivity contribution in [2.24, 2.45) is 11.8 Å². The first-order chi connectivity index (χ1) is 16.2. The van der Waals surface area contributed by atoms with Crippen LogP contribution in [-0.4, -0.2) is 23.7 Å². The summed E-state index contributed by atoms with van der Waals surface area (Å²) in [7, 11) is 0. The minimum Gasteiger partial charge on any atom is -0.298 e. The number of rotatable bonds is 4. The monoisotopic (exact) mass is 441 g/mol. The van der Waals surface area contributed by atoms with E-state index >= 15 is 0 Å². The molecule has 170 valence electrons. The smallest absolute Gasteiger partial charge is 0.123 e. The molecule has 3 aromatic carbocycles. The summed E-state index contributed by atoms with van der Waals surface area (Å²) >= 11 is 0. The summed E-state index contributed by atoms with van der Waals surface area (Å²) < 4.78 is 13.4. The lowest BCUT2D eigenvalue weighted by molar-refractivity contribution is -0.0319. The maximum Gasteiger partial charge on any atom is 0.123 e. The Labute approximate surface area is 196 Å². The number of nitrogens with one attached hydrogen (secondary N) is 2. The van der Waals surface area contributed by atoms with Gasteiger partial charge in [0.15, 0.2) is 0 Å². The lowest BCUT2D eigenvalue weighted by Gasteiger charge is -2.55. The highest BCUT2D eigenvalue weighted by Crippen LogP contribution is 2.49. The van der Waals surface area contributed by atoms with Crippen LogP contribution >= 0.6 is 0 Å². The van der Waals surface area contributed by atoms with Crippen LogP contribution < -0.4 is 10.6 Å². The molecule has 3 nitrogen and oxygen atoms in total. The van der Waals surface area contributed by atoms with Crippen LogP contribution in [0.5, 0.6) is 0 Å². The molecule has 1 aliphatic carbocycles. The summed E-state index contributed by atoms with van der Waals surface area (Å²) in [6, 6.07) is 29.3. The van der Waals surface area contributed by atoms with E-state index in [9.17, 15) is 4.39 Å². The maximum atomic E-state index is 13.4. The van der Waals surface area contributed by atoms with Crippen molar-refractivity contribution in [1.29, 1.82) is 0 Å².